The van der Waals surface area contributed by atoms with E-state index in [9.17, 15) is 4.79 Å². The number of carbonyl (C=O) groups excluding carboxylic acids is 1. The molecule has 19 heavy (non-hydrogen) atoms. The quantitative estimate of drug-likeness (QED) is 0.881. The number of hydrogen-bond acceptors (Lipinski definition) is 3. The molecule has 1 N–H and O–H groups in total. The van der Waals surface area contributed by atoms with Gasteiger partial charge in [-0.2, -0.15) is 0 Å². The van der Waals surface area contributed by atoms with Gasteiger partial charge >= 0.3 is 0 Å². The first-order valence-corrected chi connectivity index (χ1v) is 6.64. The van der Waals surface area contributed by atoms with Crippen LogP contribution in [0.15, 0.2) is 16.5 Å². The summed E-state index contributed by atoms with van der Waals surface area (Å²) in [6, 6.07) is 3.56. The molecule has 1 aromatic heterocycles. The molecule has 0 saturated carbocycles. The van der Waals surface area contributed by atoms with E-state index in [2.05, 4.69) is 0 Å². The molecule has 2 heterocycles. The van der Waals surface area contributed by atoms with Crippen LogP contribution < -0.4 is 0 Å². The maximum Gasteiger partial charge on any atom is 0.248 e. The van der Waals surface area contributed by atoms with Gasteiger partial charge in [0.15, 0.2) is 5.58 Å². The van der Waals surface area contributed by atoms with Gasteiger partial charge in [0.1, 0.15) is 17.4 Å². The highest BCUT2D eigenvalue weighted by Crippen LogP contribution is 2.37. The third-order valence-corrected chi connectivity index (χ3v) is 4.17. The molecule has 1 aliphatic heterocycles. The summed E-state index contributed by atoms with van der Waals surface area (Å²) in [4.78, 5) is 13.2. The number of rotatable bonds is 1. The minimum absolute atomic E-state index is 0.278. The van der Waals surface area contributed by atoms with Crippen molar-refractivity contribution in [3.63, 3.8) is 0 Å². The van der Waals surface area contributed by atoms with Crippen molar-refractivity contribution in [2.75, 3.05) is 13.2 Å². The number of furan rings is 1. The fourth-order valence-electron chi connectivity index (χ4n) is 2.40. The summed E-state index contributed by atoms with van der Waals surface area (Å²) < 4.78 is 5.75. The lowest BCUT2D eigenvalue weighted by Crippen LogP contribution is -2.37. The second-order valence-corrected chi connectivity index (χ2v) is 5.25. The lowest BCUT2D eigenvalue weighted by Gasteiger charge is -2.25. The zero-order chi connectivity index (χ0) is 13.6. The Labute approximate surface area is 119 Å². The van der Waals surface area contributed by atoms with Gasteiger partial charge in [0, 0.05) is 30.5 Å². The minimum Gasteiger partial charge on any atom is -0.459 e. The average Bonchev–Trinajstić information content (AvgIpc) is 2.80. The number of carbonyl (C=O) groups is 1. The molecule has 0 radical (unpaired) electrons. The molecule has 100 valence electrons. The Bertz CT molecular complexity index is 665. The molecule has 1 aliphatic rings. The lowest BCUT2D eigenvalue weighted by molar-refractivity contribution is -0.135. The number of nitrogens with zero attached hydrogens (tertiary/aromatic N) is 1. The van der Waals surface area contributed by atoms with Crippen molar-refractivity contribution in [2.24, 2.45) is 0 Å². The highest BCUT2D eigenvalue weighted by molar-refractivity contribution is 6.44. The monoisotopic (exact) mass is 299 g/mol. The molecule has 1 aromatic carbocycles. The average molecular weight is 300 g/mol. The molecule has 0 aliphatic carbocycles. The van der Waals surface area contributed by atoms with Crippen molar-refractivity contribution in [1.82, 2.24) is 4.90 Å². The van der Waals surface area contributed by atoms with Crippen LogP contribution in [0.1, 0.15) is 11.3 Å². The van der Waals surface area contributed by atoms with Gasteiger partial charge in [-0.3, -0.25) is 4.79 Å². The van der Waals surface area contributed by atoms with E-state index in [1.165, 1.54) is 0 Å². The summed E-state index contributed by atoms with van der Waals surface area (Å²) in [6.45, 7) is 0.495. The summed E-state index contributed by atoms with van der Waals surface area (Å²) in [5.74, 6) is 0.557. The van der Waals surface area contributed by atoms with Gasteiger partial charge < -0.3 is 14.4 Å². The zero-order valence-electron chi connectivity index (χ0n) is 9.95. The summed E-state index contributed by atoms with van der Waals surface area (Å²) >= 11 is 12.1. The van der Waals surface area contributed by atoms with Crippen LogP contribution >= 0.6 is 23.2 Å². The van der Waals surface area contributed by atoms with Crippen molar-refractivity contribution in [3.8, 4) is 0 Å². The number of hydrogen-bond donors (Lipinski definition) is 1. The summed E-state index contributed by atoms with van der Waals surface area (Å²) in [6.07, 6.45) is 0.615. The highest BCUT2D eigenvalue weighted by Gasteiger charge is 2.26. The van der Waals surface area contributed by atoms with E-state index in [1.807, 2.05) is 6.07 Å². The minimum atomic E-state index is -0.475. The van der Waals surface area contributed by atoms with Crippen LogP contribution in [-0.2, 0) is 17.8 Å². The van der Waals surface area contributed by atoms with Gasteiger partial charge in [0.05, 0.1) is 5.02 Å². The number of aliphatic hydroxyl groups excluding tert-OH is 1. The van der Waals surface area contributed by atoms with Crippen molar-refractivity contribution < 1.29 is 14.3 Å². The van der Waals surface area contributed by atoms with Crippen LogP contribution in [0.2, 0.25) is 10.0 Å². The molecule has 0 spiro atoms. The second kappa shape index (κ2) is 4.71. The maximum absolute atomic E-state index is 11.6. The molecule has 0 unspecified atom stereocenters. The number of amides is 1. The number of fused-ring (bicyclic) bond motifs is 3. The Balaban J connectivity index is 2.09. The highest BCUT2D eigenvalue weighted by atomic mass is 35.5. The van der Waals surface area contributed by atoms with E-state index >= 15 is 0 Å². The molecule has 6 heteroatoms. The first-order valence-electron chi connectivity index (χ1n) is 5.88. The van der Waals surface area contributed by atoms with Gasteiger partial charge in [-0.1, -0.05) is 23.2 Å². The topological polar surface area (TPSA) is 53.7 Å². The Kier molecular flexibility index (Phi) is 3.17. The van der Waals surface area contributed by atoms with Gasteiger partial charge in [0.2, 0.25) is 5.91 Å². The summed E-state index contributed by atoms with van der Waals surface area (Å²) in [7, 11) is 0. The number of benzene rings is 1. The fourth-order valence-corrected chi connectivity index (χ4v) is 2.75. The molecule has 4 nitrogen and oxygen atoms in total. The van der Waals surface area contributed by atoms with E-state index in [0.29, 0.717) is 35.1 Å². The van der Waals surface area contributed by atoms with E-state index in [0.717, 1.165) is 16.7 Å². The van der Waals surface area contributed by atoms with Crippen molar-refractivity contribution in [1.29, 1.82) is 0 Å². The molecule has 0 atom stereocenters. The van der Waals surface area contributed by atoms with E-state index in [-0.39, 0.29) is 5.91 Å². The van der Waals surface area contributed by atoms with Crippen LogP contribution in [0.4, 0.5) is 0 Å². The summed E-state index contributed by atoms with van der Waals surface area (Å²) in [5, 5.41) is 10.6. The second-order valence-electron chi connectivity index (χ2n) is 4.47. The third kappa shape index (κ3) is 2.00. The molecular formula is C13H11Cl2NO3. The van der Waals surface area contributed by atoms with Crippen LogP contribution in [0.3, 0.4) is 0 Å². The molecule has 0 fully saturated rings. The van der Waals surface area contributed by atoms with Gasteiger partial charge in [-0.15, -0.1) is 0 Å². The largest absolute Gasteiger partial charge is 0.459 e. The standard InChI is InChI=1S/C13H11Cl2NO3/c14-9-2-1-7-8-5-16(11(18)6-17)4-3-10(8)19-13(7)12(9)15/h1-2,17H,3-6H2. The number of halogens is 2. The maximum atomic E-state index is 11.6. The fraction of sp³-hybridized carbons (Fsp3) is 0.308. The van der Waals surface area contributed by atoms with Crippen molar-refractivity contribution >= 4 is 40.1 Å². The van der Waals surface area contributed by atoms with Crippen LogP contribution in [0.25, 0.3) is 11.0 Å². The SMILES string of the molecule is O=C(CO)N1CCc2oc3c(Cl)c(Cl)ccc3c2C1. The molecular weight excluding hydrogens is 289 g/mol. The Hall–Kier alpha value is -1.23. The van der Waals surface area contributed by atoms with Crippen LogP contribution in [-0.4, -0.2) is 29.1 Å². The van der Waals surface area contributed by atoms with Gasteiger partial charge in [0.25, 0.3) is 0 Å². The Morgan fingerprint density at radius 3 is 2.95 bits per heavy atom. The normalized spacial score (nSPS) is 14.8. The van der Waals surface area contributed by atoms with E-state index < -0.39 is 6.61 Å². The Morgan fingerprint density at radius 1 is 1.42 bits per heavy atom. The molecule has 3 rings (SSSR count). The molecule has 0 saturated heterocycles. The Morgan fingerprint density at radius 2 is 2.21 bits per heavy atom. The third-order valence-electron chi connectivity index (χ3n) is 3.38. The van der Waals surface area contributed by atoms with E-state index in [1.54, 1.807) is 11.0 Å². The zero-order valence-corrected chi connectivity index (χ0v) is 11.5. The lowest BCUT2D eigenvalue weighted by atomic mass is 10.0. The van der Waals surface area contributed by atoms with Crippen molar-refractivity contribution in [3.05, 3.63) is 33.5 Å². The van der Waals surface area contributed by atoms with E-state index in [4.69, 9.17) is 32.7 Å². The predicted octanol–water partition coefficient (Wildman–Crippen LogP) is 2.62. The molecule has 0 bridgehead atoms. The smallest absolute Gasteiger partial charge is 0.248 e. The summed E-state index contributed by atoms with van der Waals surface area (Å²) in [5.41, 5.74) is 1.51. The molecule has 1 amide bonds. The first-order chi connectivity index (χ1) is 9.11. The first kappa shape index (κ1) is 12.8. The van der Waals surface area contributed by atoms with Crippen LogP contribution in [0.5, 0.6) is 0 Å². The van der Waals surface area contributed by atoms with Gasteiger partial charge in [-0.05, 0) is 12.1 Å². The van der Waals surface area contributed by atoms with Crippen LogP contribution in [0, 0.1) is 0 Å². The number of aliphatic hydroxyl groups is 1. The molecule has 2 aromatic rings. The predicted molar refractivity (Wildman–Crippen MR) is 72.4 cm³/mol. The van der Waals surface area contributed by atoms with Gasteiger partial charge in [-0.25, -0.2) is 0 Å². The van der Waals surface area contributed by atoms with Crippen molar-refractivity contribution in [2.45, 2.75) is 13.0 Å².